The molecular weight excluding hydrogens is 232 g/mol. The zero-order valence-corrected chi connectivity index (χ0v) is 10.2. The van der Waals surface area contributed by atoms with Crippen LogP contribution in [0.4, 0.5) is 0 Å². The third-order valence-electron chi connectivity index (χ3n) is 2.59. The topological polar surface area (TPSA) is 64.5 Å². The van der Waals surface area contributed by atoms with E-state index in [4.69, 9.17) is 9.47 Å². The molecule has 2 rings (SSSR count). The van der Waals surface area contributed by atoms with Gasteiger partial charge >= 0.3 is 0 Å². The minimum absolute atomic E-state index is 0.490. The molecule has 18 heavy (non-hydrogen) atoms. The Hall–Kier alpha value is -2.14. The van der Waals surface area contributed by atoms with Gasteiger partial charge in [0.2, 0.25) is 0 Å². The van der Waals surface area contributed by atoms with Gasteiger partial charge in [-0.15, -0.1) is 0 Å². The van der Waals surface area contributed by atoms with Crippen LogP contribution in [0.2, 0.25) is 0 Å². The molecule has 94 valence electrons. The predicted octanol–water partition coefficient (Wildman–Crippen LogP) is 1.58. The van der Waals surface area contributed by atoms with Crippen LogP contribution in [0.15, 0.2) is 36.8 Å². The highest BCUT2D eigenvalue weighted by Crippen LogP contribution is 2.31. The second-order valence-electron chi connectivity index (χ2n) is 3.65. The normalized spacial score (nSPS) is 11.9. The number of benzene rings is 1. The van der Waals surface area contributed by atoms with Gasteiger partial charge < -0.3 is 14.6 Å². The molecule has 0 radical (unpaired) electrons. The molecular formula is C13H14N2O3. The molecule has 2 aromatic rings. The minimum Gasteiger partial charge on any atom is -0.493 e. The van der Waals surface area contributed by atoms with Crippen LogP contribution in [-0.2, 0) is 0 Å². The van der Waals surface area contributed by atoms with Crippen LogP contribution in [0.5, 0.6) is 11.5 Å². The molecule has 1 heterocycles. The highest BCUT2D eigenvalue weighted by Gasteiger charge is 2.14. The Labute approximate surface area is 105 Å². The average Bonchev–Trinajstić information content (AvgIpc) is 2.46. The van der Waals surface area contributed by atoms with Crippen molar-refractivity contribution in [3.05, 3.63) is 48.0 Å². The molecule has 1 aromatic carbocycles. The first kappa shape index (κ1) is 12.3. The predicted molar refractivity (Wildman–Crippen MR) is 65.6 cm³/mol. The Morgan fingerprint density at radius 2 is 1.89 bits per heavy atom. The zero-order valence-electron chi connectivity index (χ0n) is 10.2. The first-order valence-corrected chi connectivity index (χ1v) is 5.42. The van der Waals surface area contributed by atoms with E-state index in [9.17, 15) is 5.11 Å². The summed E-state index contributed by atoms with van der Waals surface area (Å²) < 4.78 is 10.3. The molecule has 0 aliphatic carbocycles. The van der Waals surface area contributed by atoms with Gasteiger partial charge in [-0.3, -0.25) is 9.97 Å². The summed E-state index contributed by atoms with van der Waals surface area (Å²) in [5.41, 5.74) is 1.16. The fourth-order valence-electron chi connectivity index (χ4n) is 1.65. The number of aliphatic hydroxyl groups is 1. The van der Waals surface area contributed by atoms with Crippen molar-refractivity contribution in [2.75, 3.05) is 14.2 Å². The van der Waals surface area contributed by atoms with Gasteiger partial charge in [0.1, 0.15) is 6.10 Å². The molecule has 1 atom stereocenters. The van der Waals surface area contributed by atoms with Gasteiger partial charge in [0.15, 0.2) is 11.5 Å². The van der Waals surface area contributed by atoms with Crippen LogP contribution in [0.1, 0.15) is 17.4 Å². The first-order chi connectivity index (χ1) is 8.76. The molecule has 0 aliphatic rings. The lowest BCUT2D eigenvalue weighted by Gasteiger charge is -2.13. The van der Waals surface area contributed by atoms with Crippen molar-refractivity contribution in [3.63, 3.8) is 0 Å². The summed E-state index contributed by atoms with van der Waals surface area (Å²) in [4.78, 5) is 8.00. The van der Waals surface area contributed by atoms with E-state index in [1.165, 1.54) is 6.20 Å². The summed E-state index contributed by atoms with van der Waals surface area (Å²) in [6.45, 7) is 0. The van der Waals surface area contributed by atoms with E-state index in [0.29, 0.717) is 22.8 Å². The maximum absolute atomic E-state index is 10.2. The molecule has 0 aliphatic heterocycles. The quantitative estimate of drug-likeness (QED) is 0.887. The van der Waals surface area contributed by atoms with E-state index in [1.54, 1.807) is 44.8 Å². The van der Waals surface area contributed by atoms with Gasteiger partial charge in [0.05, 0.1) is 26.1 Å². The largest absolute Gasteiger partial charge is 0.493 e. The second kappa shape index (κ2) is 5.46. The molecule has 1 N–H and O–H groups in total. The lowest BCUT2D eigenvalue weighted by Crippen LogP contribution is -2.03. The third kappa shape index (κ3) is 2.41. The fourth-order valence-corrected chi connectivity index (χ4v) is 1.65. The van der Waals surface area contributed by atoms with E-state index < -0.39 is 6.10 Å². The average molecular weight is 246 g/mol. The van der Waals surface area contributed by atoms with Gasteiger partial charge in [-0.1, -0.05) is 6.07 Å². The Kier molecular flexibility index (Phi) is 3.74. The number of nitrogens with zero attached hydrogens (tertiary/aromatic N) is 2. The highest BCUT2D eigenvalue weighted by molar-refractivity contribution is 5.44. The number of hydrogen-bond donors (Lipinski definition) is 1. The van der Waals surface area contributed by atoms with Gasteiger partial charge in [0, 0.05) is 12.4 Å². The molecule has 0 amide bonds. The van der Waals surface area contributed by atoms with Crippen LogP contribution in [0.3, 0.4) is 0 Å². The van der Waals surface area contributed by atoms with Crippen molar-refractivity contribution in [1.82, 2.24) is 9.97 Å². The van der Waals surface area contributed by atoms with Crippen molar-refractivity contribution >= 4 is 0 Å². The highest BCUT2D eigenvalue weighted by atomic mass is 16.5. The molecule has 1 aromatic heterocycles. The number of ether oxygens (including phenoxy) is 2. The summed E-state index contributed by atoms with van der Waals surface area (Å²) in [5, 5.41) is 10.2. The van der Waals surface area contributed by atoms with E-state index in [-0.39, 0.29) is 0 Å². The molecule has 0 saturated heterocycles. The standard InChI is InChI=1S/C13H14N2O3/c1-17-11-4-3-9(7-12(11)18-2)13(16)10-8-14-5-6-15-10/h3-8,13,16H,1-2H3. The smallest absolute Gasteiger partial charge is 0.161 e. The van der Waals surface area contributed by atoms with Crippen LogP contribution >= 0.6 is 0 Å². The number of methoxy groups -OCH3 is 2. The third-order valence-corrected chi connectivity index (χ3v) is 2.59. The van der Waals surface area contributed by atoms with E-state index >= 15 is 0 Å². The Balaban J connectivity index is 2.34. The van der Waals surface area contributed by atoms with Gasteiger partial charge in [-0.25, -0.2) is 0 Å². The molecule has 0 fully saturated rings. The first-order valence-electron chi connectivity index (χ1n) is 5.42. The monoisotopic (exact) mass is 246 g/mol. The van der Waals surface area contributed by atoms with Crippen LogP contribution in [0.25, 0.3) is 0 Å². The van der Waals surface area contributed by atoms with Crippen molar-refractivity contribution in [2.45, 2.75) is 6.10 Å². The Bertz CT molecular complexity index is 517. The summed E-state index contributed by atoms with van der Waals surface area (Å²) in [6, 6.07) is 5.23. The maximum atomic E-state index is 10.2. The van der Waals surface area contributed by atoms with E-state index in [0.717, 1.165) is 0 Å². The van der Waals surface area contributed by atoms with Gasteiger partial charge in [-0.2, -0.15) is 0 Å². The number of rotatable bonds is 4. The van der Waals surface area contributed by atoms with Crippen molar-refractivity contribution in [3.8, 4) is 11.5 Å². The molecule has 5 nitrogen and oxygen atoms in total. The summed E-state index contributed by atoms with van der Waals surface area (Å²) in [7, 11) is 3.12. The van der Waals surface area contributed by atoms with Crippen LogP contribution in [-0.4, -0.2) is 29.3 Å². The number of aromatic nitrogens is 2. The van der Waals surface area contributed by atoms with E-state index in [2.05, 4.69) is 9.97 Å². The van der Waals surface area contributed by atoms with Crippen LogP contribution < -0.4 is 9.47 Å². The summed E-state index contributed by atoms with van der Waals surface area (Å²) in [6.07, 6.45) is 3.80. The minimum atomic E-state index is -0.835. The second-order valence-corrected chi connectivity index (χ2v) is 3.65. The van der Waals surface area contributed by atoms with Crippen LogP contribution in [0, 0.1) is 0 Å². The molecule has 0 saturated carbocycles. The Morgan fingerprint density at radius 1 is 1.11 bits per heavy atom. The van der Waals surface area contributed by atoms with Gasteiger partial charge in [0.25, 0.3) is 0 Å². The molecule has 0 spiro atoms. The van der Waals surface area contributed by atoms with Crippen molar-refractivity contribution < 1.29 is 14.6 Å². The fraction of sp³-hybridized carbons (Fsp3) is 0.231. The number of aliphatic hydroxyl groups excluding tert-OH is 1. The summed E-state index contributed by atoms with van der Waals surface area (Å²) >= 11 is 0. The maximum Gasteiger partial charge on any atom is 0.161 e. The molecule has 5 heteroatoms. The molecule has 0 bridgehead atoms. The van der Waals surface area contributed by atoms with Gasteiger partial charge in [-0.05, 0) is 17.7 Å². The summed E-state index contributed by atoms with van der Waals surface area (Å²) in [5.74, 6) is 1.19. The molecule has 1 unspecified atom stereocenters. The Morgan fingerprint density at radius 3 is 2.50 bits per heavy atom. The van der Waals surface area contributed by atoms with E-state index in [1.807, 2.05) is 0 Å². The lowest BCUT2D eigenvalue weighted by molar-refractivity contribution is 0.214. The van der Waals surface area contributed by atoms with Crippen molar-refractivity contribution in [2.24, 2.45) is 0 Å². The van der Waals surface area contributed by atoms with Crippen molar-refractivity contribution in [1.29, 1.82) is 0 Å². The zero-order chi connectivity index (χ0) is 13.0. The lowest BCUT2D eigenvalue weighted by atomic mass is 10.1. The SMILES string of the molecule is COc1ccc(C(O)c2cnccn2)cc1OC. The number of hydrogen-bond acceptors (Lipinski definition) is 5.